The molecule has 1 aliphatic heterocycles. The molecule has 1 amide bonds. The molecule has 0 aromatic heterocycles. The van der Waals surface area contributed by atoms with Crippen LogP contribution in [0.5, 0.6) is 0 Å². The lowest BCUT2D eigenvalue weighted by Gasteiger charge is -2.30. The molecule has 2 fully saturated rings. The fourth-order valence-corrected chi connectivity index (χ4v) is 5.23. The highest BCUT2D eigenvalue weighted by Gasteiger charge is 2.39. The van der Waals surface area contributed by atoms with Crippen LogP contribution in [0.2, 0.25) is 0 Å². The number of amides is 1. The van der Waals surface area contributed by atoms with Crippen LogP contribution in [0.25, 0.3) is 0 Å². The van der Waals surface area contributed by atoms with Gasteiger partial charge in [0.1, 0.15) is 5.82 Å². The number of halogens is 1. The van der Waals surface area contributed by atoms with Crippen molar-refractivity contribution in [1.82, 2.24) is 9.21 Å². The van der Waals surface area contributed by atoms with E-state index in [1.54, 1.807) is 17.0 Å². The van der Waals surface area contributed by atoms with Crippen LogP contribution in [-0.4, -0.2) is 48.7 Å². The average molecular weight is 354 g/mol. The van der Waals surface area contributed by atoms with Gasteiger partial charge in [-0.15, -0.1) is 0 Å². The van der Waals surface area contributed by atoms with Crippen LogP contribution in [-0.2, 0) is 20.6 Å². The SMILES string of the molecule is CC(=O)N(CC1CCCN1S(=O)(=O)Cc1ccccc1F)C1CC1. The lowest BCUT2D eigenvalue weighted by molar-refractivity contribution is -0.129. The molecule has 1 unspecified atom stereocenters. The number of sulfonamides is 1. The molecule has 132 valence electrons. The molecule has 7 heteroatoms. The number of benzene rings is 1. The summed E-state index contributed by atoms with van der Waals surface area (Å²) in [5.74, 6) is -0.837. The zero-order valence-corrected chi connectivity index (χ0v) is 14.6. The summed E-state index contributed by atoms with van der Waals surface area (Å²) in [5.41, 5.74) is 0.189. The maximum atomic E-state index is 13.8. The average Bonchev–Trinajstić information content (AvgIpc) is 3.24. The maximum absolute atomic E-state index is 13.8. The van der Waals surface area contributed by atoms with Gasteiger partial charge < -0.3 is 4.90 Å². The topological polar surface area (TPSA) is 57.7 Å². The summed E-state index contributed by atoms with van der Waals surface area (Å²) < 4.78 is 40.8. The summed E-state index contributed by atoms with van der Waals surface area (Å²) in [6.45, 7) is 2.42. The third-order valence-electron chi connectivity index (χ3n) is 4.78. The maximum Gasteiger partial charge on any atom is 0.219 e. The molecule has 3 rings (SSSR count). The Balaban J connectivity index is 1.74. The molecule has 1 saturated heterocycles. The molecule has 0 N–H and O–H groups in total. The first-order valence-corrected chi connectivity index (χ1v) is 9.99. The van der Waals surface area contributed by atoms with E-state index >= 15 is 0 Å². The Morgan fingerprint density at radius 1 is 1.29 bits per heavy atom. The second kappa shape index (κ2) is 6.80. The zero-order valence-electron chi connectivity index (χ0n) is 13.8. The summed E-state index contributed by atoms with van der Waals surface area (Å²) in [5, 5.41) is 0. The zero-order chi connectivity index (χ0) is 17.3. The Labute approximate surface area is 142 Å². The van der Waals surface area contributed by atoms with Gasteiger partial charge in [0.25, 0.3) is 0 Å². The third kappa shape index (κ3) is 3.78. The van der Waals surface area contributed by atoms with Gasteiger partial charge in [0.15, 0.2) is 0 Å². The smallest absolute Gasteiger partial charge is 0.219 e. The first-order valence-electron chi connectivity index (χ1n) is 8.38. The van der Waals surface area contributed by atoms with Gasteiger partial charge >= 0.3 is 0 Å². The molecule has 1 heterocycles. The summed E-state index contributed by atoms with van der Waals surface area (Å²) in [6, 6.07) is 6.02. The van der Waals surface area contributed by atoms with Crippen molar-refractivity contribution >= 4 is 15.9 Å². The van der Waals surface area contributed by atoms with Crippen LogP contribution in [0.1, 0.15) is 38.2 Å². The summed E-state index contributed by atoms with van der Waals surface area (Å²) in [4.78, 5) is 13.6. The minimum atomic E-state index is -3.61. The van der Waals surface area contributed by atoms with Crippen molar-refractivity contribution in [3.8, 4) is 0 Å². The van der Waals surface area contributed by atoms with Crippen molar-refractivity contribution in [2.75, 3.05) is 13.1 Å². The van der Waals surface area contributed by atoms with Crippen molar-refractivity contribution in [2.24, 2.45) is 0 Å². The quantitative estimate of drug-likeness (QED) is 0.786. The number of carbonyl (C=O) groups is 1. The van der Waals surface area contributed by atoms with E-state index in [1.807, 2.05) is 0 Å². The Bertz CT molecular complexity index is 718. The van der Waals surface area contributed by atoms with E-state index in [0.717, 1.165) is 25.7 Å². The number of nitrogens with zero attached hydrogens (tertiary/aromatic N) is 2. The van der Waals surface area contributed by atoms with E-state index in [2.05, 4.69) is 0 Å². The monoisotopic (exact) mass is 354 g/mol. The first kappa shape index (κ1) is 17.4. The van der Waals surface area contributed by atoms with Gasteiger partial charge in [-0.1, -0.05) is 18.2 Å². The lowest BCUT2D eigenvalue weighted by atomic mass is 10.2. The molecule has 0 bridgehead atoms. The van der Waals surface area contributed by atoms with Crippen molar-refractivity contribution in [1.29, 1.82) is 0 Å². The predicted molar refractivity (Wildman–Crippen MR) is 89.2 cm³/mol. The van der Waals surface area contributed by atoms with Crippen molar-refractivity contribution in [3.63, 3.8) is 0 Å². The highest BCUT2D eigenvalue weighted by atomic mass is 32.2. The molecule has 1 atom stereocenters. The van der Waals surface area contributed by atoms with E-state index in [9.17, 15) is 17.6 Å². The normalized spacial score (nSPS) is 21.8. The van der Waals surface area contributed by atoms with Crippen LogP contribution in [0.3, 0.4) is 0 Å². The van der Waals surface area contributed by atoms with Crippen molar-refractivity contribution in [2.45, 2.75) is 50.4 Å². The van der Waals surface area contributed by atoms with Crippen LogP contribution in [0.15, 0.2) is 24.3 Å². The highest BCUT2D eigenvalue weighted by molar-refractivity contribution is 7.88. The van der Waals surface area contributed by atoms with Crippen LogP contribution < -0.4 is 0 Å². The molecule has 1 aromatic rings. The molecule has 24 heavy (non-hydrogen) atoms. The largest absolute Gasteiger partial charge is 0.338 e. The van der Waals surface area contributed by atoms with Gasteiger partial charge in [-0.3, -0.25) is 4.79 Å². The number of rotatable bonds is 6. The van der Waals surface area contributed by atoms with Crippen molar-refractivity contribution < 1.29 is 17.6 Å². The second-order valence-electron chi connectivity index (χ2n) is 6.66. The predicted octanol–water partition coefficient (Wildman–Crippen LogP) is 2.13. The van der Waals surface area contributed by atoms with E-state index < -0.39 is 15.8 Å². The molecule has 0 radical (unpaired) electrons. The molecule has 5 nitrogen and oxygen atoms in total. The molecular weight excluding hydrogens is 331 g/mol. The fraction of sp³-hybridized carbons (Fsp3) is 0.588. The van der Waals surface area contributed by atoms with Crippen molar-refractivity contribution in [3.05, 3.63) is 35.6 Å². The minimum Gasteiger partial charge on any atom is -0.338 e. The van der Waals surface area contributed by atoms with E-state index in [1.165, 1.54) is 23.4 Å². The molecular formula is C17H23FN2O3S. The Kier molecular flexibility index (Phi) is 4.92. The Morgan fingerprint density at radius 3 is 2.62 bits per heavy atom. The first-order chi connectivity index (χ1) is 11.4. The minimum absolute atomic E-state index is 0.00384. The van der Waals surface area contributed by atoms with Gasteiger partial charge in [-0.2, -0.15) is 4.31 Å². The molecule has 1 aromatic carbocycles. The summed E-state index contributed by atoms with van der Waals surface area (Å²) >= 11 is 0. The van der Waals surface area contributed by atoms with Gasteiger partial charge in [0, 0.05) is 37.7 Å². The molecule has 1 aliphatic carbocycles. The fourth-order valence-electron chi connectivity index (χ4n) is 3.40. The van der Waals surface area contributed by atoms with E-state index in [-0.39, 0.29) is 29.3 Å². The Morgan fingerprint density at radius 2 is 2.00 bits per heavy atom. The van der Waals surface area contributed by atoms with Crippen LogP contribution in [0, 0.1) is 5.82 Å². The third-order valence-corrected chi connectivity index (χ3v) is 6.65. The number of hydrogen-bond donors (Lipinski definition) is 0. The standard InChI is InChI=1S/C17H23FN2O3S/c1-13(21)19(15-8-9-15)11-16-6-4-10-20(16)24(22,23)12-14-5-2-3-7-17(14)18/h2-3,5,7,15-16H,4,6,8-12H2,1H3. The van der Waals surface area contributed by atoms with E-state index in [0.29, 0.717) is 13.1 Å². The van der Waals surface area contributed by atoms with Gasteiger partial charge in [-0.25, -0.2) is 12.8 Å². The lowest BCUT2D eigenvalue weighted by Crippen LogP contribution is -2.45. The van der Waals surface area contributed by atoms with E-state index in [4.69, 9.17) is 0 Å². The second-order valence-corrected chi connectivity index (χ2v) is 8.58. The highest BCUT2D eigenvalue weighted by Crippen LogP contribution is 2.30. The van der Waals surface area contributed by atoms with Crippen LogP contribution >= 0.6 is 0 Å². The molecule has 2 aliphatic rings. The van der Waals surface area contributed by atoms with Gasteiger partial charge in [0.05, 0.1) is 5.75 Å². The van der Waals surface area contributed by atoms with Gasteiger partial charge in [-0.05, 0) is 31.7 Å². The Hall–Kier alpha value is -1.47. The number of carbonyl (C=O) groups excluding carboxylic acids is 1. The van der Waals surface area contributed by atoms with Crippen LogP contribution in [0.4, 0.5) is 4.39 Å². The summed E-state index contributed by atoms with van der Waals surface area (Å²) in [7, 11) is -3.61. The molecule has 1 saturated carbocycles. The number of hydrogen-bond acceptors (Lipinski definition) is 3. The molecule has 0 spiro atoms. The van der Waals surface area contributed by atoms with Gasteiger partial charge in [0.2, 0.25) is 15.9 Å². The summed E-state index contributed by atoms with van der Waals surface area (Å²) in [6.07, 6.45) is 3.51.